The van der Waals surface area contributed by atoms with Crippen molar-refractivity contribution in [3.63, 3.8) is 0 Å². The molecule has 2 aromatic rings. The topological polar surface area (TPSA) is 85.8 Å². The molecule has 2 rings (SSSR count). The number of nitrogens with zero attached hydrogens (tertiary/aromatic N) is 3. The van der Waals surface area contributed by atoms with Gasteiger partial charge in [-0.15, -0.1) is 16.9 Å². The summed E-state index contributed by atoms with van der Waals surface area (Å²) < 4.78 is 1.47. The van der Waals surface area contributed by atoms with Crippen molar-refractivity contribution < 1.29 is 4.79 Å². The van der Waals surface area contributed by atoms with Gasteiger partial charge >= 0.3 is 0 Å². The summed E-state index contributed by atoms with van der Waals surface area (Å²) in [6, 6.07) is 7.67. The summed E-state index contributed by atoms with van der Waals surface area (Å²) in [6.07, 6.45) is 3.66. The van der Waals surface area contributed by atoms with Crippen LogP contribution in [0, 0.1) is 0 Å². The van der Waals surface area contributed by atoms with Crippen molar-refractivity contribution in [1.82, 2.24) is 15.0 Å². The Labute approximate surface area is 115 Å². The van der Waals surface area contributed by atoms with Gasteiger partial charge in [0.05, 0.1) is 11.9 Å². The first-order chi connectivity index (χ1) is 9.21. The quantitative estimate of drug-likeness (QED) is 0.799. The molecule has 1 heterocycles. The van der Waals surface area contributed by atoms with Crippen LogP contribution >= 0.6 is 11.8 Å². The highest BCUT2D eigenvalue weighted by atomic mass is 32.2. The van der Waals surface area contributed by atoms with Gasteiger partial charge in [0.25, 0.3) is 0 Å². The zero-order valence-electron chi connectivity index (χ0n) is 10.5. The van der Waals surface area contributed by atoms with E-state index in [4.69, 9.17) is 5.73 Å². The van der Waals surface area contributed by atoms with Crippen LogP contribution < -0.4 is 11.1 Å². The predicted molar refractivity (Wildman–Crippen MR) is 74.8 cm³/mol. The molecule has 0 aliphatic rings. The highest BCUT2D eigenvalue weighted by Gasteiger charge is 2.06. The lowest BCUT2D eigenvalue weighted by molar-refractivity contribution is -0.116. The van der Waals surface area contributed by atoms with Crippen LogP contribution in [0.4, 0.5) is 5.69 Å². The van der Waals surface area contributed by atoms with E-state index in [0.29, 0.717) is 12.2 Å². The van der Waals surface area contributed by atoms with E-state index >= 15 is 0 Å². The molecule has 100 valence electrons. The van der Waals surface area contributed by atoms with Crippen LogP contribution in [0.25, 0.3) is 0 Å². The average molecular weight is 277 g/mol. The molecule has 0 spiro atoms. The molecule has 7 heteroatoms. The van der Waals surface area contributed by atoms with Crippen LogP contribution in [-0.4, -0.2) is 27.2 Å². The highest BCUT2D eigenvalue weighted by Crippen LogP contribution is 2.18. The molecule has 0 bridgehead atoms. The van der Waals surface area contributed by atoms with Crippen molar-refractivity contribution >= 4 is 23.4 Å². The molecule has 1 aromatic heterocycles. The van der Waals surface area contributed by atoms with Gasteiger partial charge in [0.1, 0.15) is 6.54 Å². The molecule has 1 aromatic carbocycles. The van der Waals surface area contributed by atoms with Crippen molar-refractivity contribution in [3.05, 3.63) is 36.2 Å². The standard InChI is InChI=1S/C12H15N5OS/c1-19-11-4-2-3-9(5-11)14-12(18)8-17-7-10(6-13)15-16-17/h2-5,7H,6,8,13H2,1H3,(H,14,18). The third-order valence-electron chi connectivity index (χ3n) is 2.45. The number of aromatic nitrogens is 3. The Morgan fingerprint density at radius 1 is 1.53 bits per heavy atom. The molecule has 0 fully saturated rings. The van der Waals surface area contributed by atoms with E-state index < -0.39 is 0 Å². The Morgan fingerprint density at radius 3 is 3.05 bits per heavy atom. The Bertz CT molecular complexity index is 569. The number of thioether (sulfide) groups is 1. The van der Waals surface area contributed by atoms with Gasteiger partial charge < -0.3 is 11.1 Å². The molecular weight excluding hydrogens is 262 g/mol. The average Bonchev–Trinajstić information content (AvgIpc) is 2.86. The van der Waals surface area contributed by atoms with Gasteiger partial charge in [-0.2, -0.15) is 0 Å². The van der Waals surface area contributed by atoms with Crippen LogP contribution in [0.3, 0.4) is 0 Å². The number of rotatable bonds is 5. The molecule has 1 amide bonds. The van der Waals surface area contributed by atoms with E-state index in [-0.39, 0.29) is 12.5 Å². The second kappa shape index (κ2) is 6.35. The minimum atomic E-state index is -0.147. The summed E-state index contributed by atoms with van der Waals surface area (Å²) in [5, 5.41) is 10.5. The predicted octanol–water partition coefficient (Wildman–Crippen LogP) is 1.10. The van der Waals surface area contributed by atoms with Crippen LogP contribution in [0.1, 0.15) is 5.69 Å². The normalized spacial score (nSPS) is 10.4. The maximum Gasteiger partial charge on any atom is 0.246 e. The number of benzene rings is 1. The van der Waals surface area contributed by atoms with E-state index in [1.165, 1.54) is 4.68 Å². The molecule has 0 saturated heterocycles. The second-order valence-electron chi connectivity index (χ2n) is 3.89. The Balaban J connectivity index is 1.96. The molecule has 0 saturated carbocycles. The monoisotopic (exact) mass is 277 g/mol. The van der Waals surface area contributed by atoms with E-state index in [1.807, 2.05) is 30.5 Å². The largest absolute Gasteiger partial charge is 0.325 e. The van der Waals surface area contributed by atoms with E-state index in [1.54, 1.807) is 18.0 Å². The smallest absolute Gasteiger partial charge is 0.246 e. The number of amides is 1. The summed E-state index contributed by atoms with van der Waals surface area (Å²) in [5.41, 5.74) is 6.87. The molecule has 3 N–H and O–H groups in total. The number of hydrogen-bond donors (Lipinski definition) is 2. The lowest BCUT2D eigenvalue weighted by atomic mass is 10.3. The lowest BCUT2D eigenvalue weighted by Crippen LogP contribution is -2.19. The maximum absolute atomic E-state index is 11.8. The van der Waals surface area contributed by atoms with Crippen LogP contribution in [0.5, 0.6) is 0 Å². The van der Waals surface area contributed by atoms with Crippen molar-refractivity contribution in [2.75, 3.05) is 11.6 Å². The summed E-state index contributed by atoms with van der Waals surface area (Å²) in [6.45, 7) is 0.438. The van der Waals surface area contributed by atoms with E-state index in [0.717, 1.165) is 10.6 Å². The number of carbonyl (C=O) groups excluding carboxylic acids is 1. The number of nitrogens with one attached hydrogen (secondary N) is 1. The molecule has 0 radical (unpaired) electrons. The van der Waals surface area contributed by atoms with Gasteiger partial charge in [-0.3, -0.25) is 4.79 Å². The van der Waals surface area contributed by atoms with Gasteiger partial charge in [-0.05, 0) is 24.5 Å². The number of anilines is 1. The first-order valence-electron chi connectivity index (χ1n) is 5.74. The van der Waals surface area contributed by atoms with Crippen LogP contribution in [0.2, 0.25) is 0 Å². The Kier molecular flexibility index (Phi) is 4.53. The van der Waals surface area contributed by atoms with Crippen molar-refractivity contribution in [2.45, 2.75) is 18.0 Å². The zero-order valence-corrected chi connectivity index (χ0v) is 11.4. The highest BCUT2D eigenvalue weighted by molar-refractivity contribution is 7.98. The third-order valence-corrected chi connectivity index (χ3v) is 3.18. The molecule has 0 unspecified atom stereocenters. The summed E-state index contributed by atoms with van der Waals surface area (Å²) in [4.78, 5) is 12.9. The molecule has 0 aliphatic carbocycles. The van der Waals surface area contributed by atoms with Gasteiger partial charge in [0.15, 0.2) is 0 Å². The van der Waals surface area contributed by atoms with Crippen LogP contribution in [-0.2, 0) is 17.9 Å². The summed E-state index contributed by atoms with van der Waals surface area (Å²) in [7, 11) is 0. The zero-order chi connectivity index (χ0) is 13.7. The van der Waals surface area contributed by atoms with Crippen molar-refractivity contribution in [3.8, 4) is 0 Å². The lowest BCUT2D eigenvalue weighted by Gasteiger charge is -2.06. The SMILES string of the molecule is CSc1cccc(NC(=O)Cn2cc(CN)nn2)c1. The Hall–Kier alpha value is -1.86. The van der Waals surface area contributed by atoms with Gasteiger partial charge in [-0.1, -0.05) is 11.3 Å². The summed E-state index contributed by atoms with van der Waals surface area (Å²) >= 11 is 1.63. The molecule has 19 heavy (non-hydrogen) atoms. The van der Waals surface area contributed by atoms with E-state index in [2.05, 4.69) is 15.6 Å². The maximum atomic E-state index is 11.8. The number of hydrogen-bond acceptors (Lipinski definition) is 5. The van der Waals surface area contributed by atoms with Gasteiger partial charge in [0.2, 0.25) is 5.91 Å². The first kappa shape index (κ1) is 13.6. The van der Waals surface area contributed by atoms with Gasteiger partial charge in [0, 0.05) is 17.1 Å². The third kappa shape index (κ3) is 3.80. The van der Waals surface area contributed by atoms with Crippen molar-refractivity contribution in [1.29, 1.82) is 0 Å². The minimum Gasteiger partial charge on any atom is -0.325 e. The molecular formula is C12H15N5OS. The molecule has 6 nitrogen and oxygen atoms in total. The molecule has 0 aliphatic heterocycles. The van der Waals surface area contributed by atoms with Gasteiger partial charge in [-0.25, -0.2) is 4.68 Å². The second-order valence-corrected chi connectivity index (χ2v) is 4.77. The fourth-order valence-corrected chi connectivity index (χ4v) is 2.02. The minimum absolute atomic E-state index is 0.122. The van der Waals surface area contributed by atoms with Crippen molar-refractivity contribution in [2.24, 2.45) is 5.73 Å². The first-order valence-corrected chi connectivity index (χ1v) is 6.96. The molecule has 0 atom stereocenters. The summed E-state index contributed by atoms with van der Waals surface area (Å²) in [5.74, 6) is -0.147. The van der Waals surface area contributed by atoms with Crippen LogP contribution in [0.15, 0.2) is 35.4 Å². The fraction of sp³-hybridized carbons (Fsp3) is 0.250. The Morgan fingerprint density at radius 2 is 2.37 bits per heavy atom. The van der Waals surface area contributed by atoms with E-state index in [9.17, 15) is 4.79 Å². The number of nitrogens with two attached hydrogens (primary N) is 1. The number of carbonyl (C=O) groups is 1. The fourth-order valence-electron chi connectivity index (χ4n) is 1.56.